The van der Waals surface area contributed by atoms with E-state index in [9.17, 15) is 4.79 Å². The quantitative estimate of drug-likeness (QED) is 0.643. The van der Waals surface area contributed by atoms with Crippen LogP contribution >= 0.6 is 11.8 Å². The molecule has 2 fully saturated rings. The summed E-state index contributed by atoms with van der Waals surface area (Å²) in [6, 6.07) is 10.3. The molecule has 1 amide bonds. The third-order valence-electron chi connectivity index (χ3n) is 5.83. The molecule has 1 aromatic carbocycles. The van der Waals surface area contributed by atoms with Gasteiger partial charge in [0.2, 0.25) is 5.91 Å². The van der Waals surface area contributed by atoms with E-state index in [1.54, 1.807) is 0 Å². The van der Waals surface area contributed by atoms with Crippen molar-refractivity contribution in [3.8, 4) is 11.3 Å². The number of imidazole rings is 1. The maximum absolute atomic E-state index is 12.9. The third-order valence-corrected chi connectivity index (χ3v) is 6.78. The highest BCUT2D eigenvalue weighted by molar-refractivity contribution is 7.99. The minimum absolute atomic E-state index is 0.204. The summed E-state index contributed by atoms with van der Waals surface area (Å²) in [7, 11) is 0. The molecule has 6 heteroatoms. The summed E-state index contributed by atoms with van der Waals surface area (Å²) in [5.41, 5.74) is 2.44. The molecule has 2 heterocycles. The first kappa shape index (κ1) is 18.4. The number of hydrogen-bond donors (Lipinski definition) is 1. The van der Waals surface area contributed by atoms with Crippen molar-refractivity contribution in [2.24, 2.45) is 10.8 Å². The van der Waals surface area contributed by atoms with Crippen LogP contribution in [0, 0.1) is 10.8 Å². The Bertz CT molecular complexity index is 847. The number of fused-ring (bicyclic) bond motifs is 2. The van der Waals surface area contributed by atoms with Crippen LogP contribution in [-0.2, 0) is 4.79 Å². The monoisotopic (exact) mass is 384 g/mol. The second-order valence-corrected chi connectivity index (χ2v) is 10.1. The van der Waals surface area contributed by atoms with Crippen LogP contribution in [0.3, 0.4) is 0 Å². The van der Waals surface area contributed by atoms with Crippen molar-refractivity contribution in [1.29, 1.82) is 0 Å². The first-order chi connectivity index (χ1) is 12.7. The van der Waals surface area contributed by atoms with Gasteiger partial charge in [-0.15, -0.1) is 0 Å². The Hall–Kier alpha value is -1.95. The molecule has 1 saturated heterocycles. The van der Waals surface area contributed by atoms with Crippen molar-refractivity contribution in [3.63, 3.8) is 0 Å². The Morgan fingerprint density at radius 1 is 1.26 bits per heavy atom. The predicted molar refractivity (Wildman–Crippen MR) is 110 cm³/mol. The molecule has 1 aromatic heterocycles. The third kappa shape index (κ3) is 3.72. The molecule has 27 heavy (non-hydrogen) atoms. The van der Waals surface area contributed by atoms with E-state index in [1.807, 2.05) is 36.5 Å². The molecule has 2 bridgehead atoms. The van der Waals surface area contributed by atoms with Gasteiger partial charge in [0.25, 0.3) is 0 Å². The van der Waals surface area contributed by atoms with Crippen LogP contribution in [0.4, 0.5) is 0 Å². The van der Waals surface area contributed by atoms with E-state index in [4.69, 9.17) is 5.84 Å². The zero-order chi connectivity index (χ0) is 19.2. The van der Waals surface area contributed by atoms with Crippen LogP contribution in [0.2, 0.25) is 0 Å². The van der Waals surface area contributed by atoms with Crippen molar-refractivity contribution < 1.29 is 4.79 Å². The van der Waals surface area contributed by atoms with Gasteiger partial charge in [-0.05, 0) is 30.1 Å². The number of likely N-dealkylation sites (tertiary alicyclic amines) is 1. The van der Waals surface area contributed by atoms with Gasteiger partial charge in [0, 0.05) is 18.2 Å². The minimum atomic E-state index is 0.204. The highest BCUT2D eigenvalue weighted by atomic mass is 32.2. The average molecular weight is 385 g/mol. The lowest BCUT2D eigenvalue weighted by molar-refractivity contribution is -0.129. The number of rotatable bonds is 4. The van der Waals surface area contributed by atoms with E-state index in [0.717, 1.165) is 30.6 Å². The molecule has 2 atom stereocenters. The van der Waals surface area contributed by atoms with E-state index in [2.05, 4.69) is 30.7 Å². The molecular weight excluding hydrogens is 356 g/mol. The lowest BCUT2D eigenvalue weighted by Gasteiger charge is -2.39. The van der Waals surface area contributed by atoms with Crippen molar-refractivity contribution in [3.05, 3.63) is 36.5 Å². The number of thioether (sulfide) groups is 1. The molecule has 144 valence electrons. The Balaban J connectivity index is 1.43. The molecule has 5 nitrogen and oxygen atoms in total. The summed E-state index contributed by atoms with van der Waals surface area (Å²) in [6.07, 6.45) is 5.24. The van der Waals surface area contributed by atoms with Crippen molar-refractivity contribution in [2.75, 3.05) is 18.1 Å². The Morgan fingerprint density at radius 2 is 2.00 bits per heavy atom. The lowest BCUT2D eigenvalue weighted by atomic mass is 9.65. The van der Waals surface area contributed by atoms with Gasteiger partial charge >= 0.3 is 0 Å². The Kier molecular flexibility index (Phi) is 4.49. The topological polar surface area (TPSA) is 64.2 Å². The fourth-order valence-electron chi connectivity index (χ4n) is 5.19. The molecule has 1 aliphatic carbocycles. The molecule has 0 radical (unpaired) electrons. The molecule has 4 rings (SSSR count). The molecule has 1 aliphatic heterocycles. The van der Waals surface area contributed by atoms with Crippen LogP contribution < -0.4 is 5.84 Å². The fourth-order valence-corrected chi connectivity index (χ4v) is 5.98. The largest absolute Gasteiger partial charge is 0.338 e. The van der Waals surface area contributed by atoms with E-state index < -0.39 is 0 Å². The highest BCUT2D eigenvalue weighted by Gasteiger charge is 2.50. The number of carbonyl (C=O) groups is 1. The van der Waals surface area contributed by atoms with Crippen LogP contribution in [0.1, 0.15) is 40.0 Å². The molecule has 2 aromatic rings. The van der Waals surface area contributed by atoms with Gasteiger partial charge in [-0.3, -0.25) is 4.79 Å². The number of carbonyl (C=O) groups excluding carboxylic acids is 1. The summed E-state index contributed by atoms with van der Waals surface area (Å²) in [5.74, 6) is 6.66. The number of nitrogen functional groups attached to an aromatic ring is 1. The van der Waals surface area contributed by atoms with Gasteiger partial charge in [0.15, 0.2) is 5.16 Å². The Morgan fingerprint density at radius 3 is 2.74 bits per heavy atom. The number of aromatic nitrogens is 2. The summed E-state index contributed by atoms with van der Waals surface area (Å²) in [6.45, 7) is 7.87. The average Bonchev–Trinajstić information content (AvgIpc) is 3.09. The van der Waals surface area contributed by atoms with Crippen LogP contribution in [0.5, 0.6) is 0 Å². The summed E-state index contributed by atoms with van der Waals surface area (Å²) < 4.78 is 1.52. The second kappa shape index (κ2) is 6.59. The van der Waals surface area contributed by atoms with E-state index in [1.165, 1.54) is 22.9 Å². The normalized spacial score (nSPS) is 26.3. The first-order valence-corrected chi connectivity index (χ1v) is 10.6. The van der Waals surface area contributed by atoms with Gasteiger partial charge in [0.05, 0.1) is 17.6 Å². The SMILES string of the molecule is CC1(C)C[C@H]2C[C@](C)(CN2C(=O)CSc2nc(-c3ccccc3)cn2N)C1. The zero-order valence-electron chi connectivity index (χ0n) is 16.3. The van der Waals surface area contributed by atoms with Crippen LogP contribution in [-0.4, -0.2) is 38.8 Å². The molecule has 1 saturated carbocycles. The maximum Gasteiger partial charge on any atom is 0.233 e. The smallest absolute Gasteiger partial charge is 0.233 e. The van der Waals surface area contributed by atoms with Crippen LogP contribution in [0.25, 0.3) is 11.3 Å². The zero-order valence-corrected chi connectivity index (χ0v) is 17.1. The van der Waals surface area contributed by atoms with E-state index in [-0.39, 0.29) is 11.3 Å². The number of nitrogens with two attached hydrogens (primary N) is 1. The predicted octanol–water partition coefficient (Wildman–Crippen LogP) is 3.78. The summed E-state index contributed by atoms with van der Waals surface area (Å²) >= 11 is 1.43. The number of amides is 1. The standard InChI is InChI=1S/C21H28N4OS/c1-20(2)9-16-10-21(3,13-20)14-24(16)18(26)12-27-19-23-17(11-25(19)22)15-7-5-4-6-8-15/h4-8,11,16H,9-10,12-14,22H2,1-3H3/t16-,21-/m0/s1. The number of benzene rings is 1. The van der Waals surface area contributed by atoms with Crippen molar-refractivity contribution >= 4 is 17.7 Å². The number of nitrogens with zero attached hydrogens (tertiary/aromatic N) is 3. The lowest BCUT2D eigenvalue weighted by Crippen LogP contribution is -2.38. The van der Waals surface area contributed by atoms with E-state index in [0.29, 0.717) is 22.4 Å². The fraction of sp³-hybridized carbons (Fsp3) is 0.524. The van der Waals surface area contributed by atoms with Crippen molar-refractivity contribution in [2.45, 2.75) is 51.2 Å². The van der Waals surface area contributed by atoms with Gasteiger partial charge in [-0.2, -0.15) is 0 Å². The number of hydrogen-bond acceptors (Lipinski definition) is 4. The minimum Gasteiger partial charge on any atom is -0.338 e. The maximum atomic E-state index is 12.9. The molecule has 0 spiro atoms. The molecular formula is C21H28N4OS. The van der Waals surface area contributed by atoms with Crippen molar-refractivity contribution in [1.82, 2.24) is 14.6 Å². The van der Waals surface area contributed by atoms with Gasteiger partial charge in [0.1, 0.15) is 0 Å². The molecule has 2 aliphatic rings. The van der Waals surface area contributed by atoms with E-state index >= 15 is 0 Å². The second-order valence-electron chi connectivity index (χ2n) is 9.21. The highest BCUT2D eigenvalue weighted by Crippen LogP contribution is 2.52. The van der Waals surface area contributed by atoms with Gasteiger partial charge in [-0.25, -0.2) is 9.66 Å². The first-order valence-electron chi connectivity index (χ1n) is 9.57. The molecule has 2 N–H and O–H groups in total. The van der Waals surface area contributed by atoms with Gasteiger partial charge < -0.3 is 10.7 Å². The van der Waals surface area contributed by atoms with Crippen LogP contribution in [0.15, 0.2) is 41.7 Å². The summed E-state index contributed by atoms with van der Waals surface area (Å²) in [4.78, 5) is 19.7. The summed E-state index contributed by atoms with van der Waals surface area (Å²) in [5, 5.41) is 0.677. The Labute approximate surface area is 165 Å². The molecule has 0 unspecified atom stereocenters. The van der Waals surface area contributed by atoms with Gasteiger partial charge in [-0.1, -0.05) is 62.9 Å².